The van der Waals surface area contributed by atoms with E-state index in [4.69, 9.17) is 5.26 Å². The first-order valence-corrected chi connectivity index (χ1v) is 6.93. The van der Waals surface area contributed by atoms with Crippen LogP contribution in [0.25, 0.3) is 0 Å². The molecule has 0 unspecified atom stereocenters. The van der Waals surface area contributed by atoms with Crippen LogP contribution >= 0.6 is 11.3 Å². The summed E-state index contributed by atoms with van der Waals surface area (Å²) in [6.07, 6.45) is 0. The van der Waals surface area contributed by atoms with E-state index in [0.29, 0.717) is 10.4 Å². The number of thiophene rings is 1. The molecule has 0 amide bonds. The molecule has 2 rings (SSSR count). The number of Topliss-reactive ketones (excluding diaryl/α,β-unsaturated/α-hetero) is 2. The normalized spacial score (nSPS) is 11.2. The smallest absolute Gasteiger partial charge is 0.197 e. The lowest BCUT2D eigenvalue weighted by molar-refractivity contribution is 0.0848. The van der Waals surface area contributed by atoms with Crippen LogP contribution in [0.15, 0.2) is 36.4 Å². The topological polar surface area (TPSA) is 81.7 Å². The van der Waals surface area contributed by atoms with E-state index < -0.39 is 17.5 Å². The third-order valence-electron chi connectivity index (χ3n) is 2.91. The Morgan fingerprint density at radius 3 is 2.48 bits per heavy atom. The van der Waals surface area contributed by atoms with E-state index in [-0.39, 0.29) is 5.56 Å². The average molecular weight is 294 g/mol. The summed E-state index contributed by atoms with van der Waals surface area (Å²) < 4.78 is 0. The van der Waals surface area contributed by atoms with Crippen molar-refractivity contribution in [3.63, 3.8) is 0 Å². The molecule has 1 aromatic carbocycles. The molecule has 1 heterocycles. The molecule has 0 aliphatic heterocycles. The van der Waals surface area contributed by atoms with E-state index >= 15 is 0 Å². The van der Waals surface area contributed by atoms with Crippen molar-refractivity contribution < 1.29 is 9.59 Å². The first-order chi connectivity index (χ1) is 10.1. The van der Waals surface area contributed by atoms with E-state index in [1.165, 1.54) is 23.5 Å². The SMILES string of the molecule is Cc1ccc(C(=O)[C@@H](C#N)C(=O)c2cccc(C#N)c2)s1. The second-order valence-electron chi connectivity index (χ2n) is 4.39. The van der Waals surface area contributed by atoms with Gasteiger partial charge < -0.3 is 0 Å². The van der Waals surface area contributed by atoms with Crippen LogP contribution in [-0.2, 0) is 0 Å². The molecule has 5 heteroatoms. The molecule has 0 saturated heterocycles. The molecule has 0 N–H and O–H groups in total. The maximum absolute atomic E-state index is 12.3. The van der Waals surface area contributed by atoms with Crippen LogP contribution in [0.5, 0.6) is 0 Å². The predicted octanol–water partition coefficient (Wildman–Crippen LogP) is 3.13. The van der Waals surface area contributed by atoms with Crippen LogP contribution in [-0.4, -0.2) is 11.6 Å². The number of nitriles is 2. The zero-order valence-electron chi connectivity index (χ0n) is 11.2. The van der Waals surface area contributed by atoms with Crippen LogP contribution in [0.2, 0.25) is 0 Å². The third-order valence-corrected chi connectivity index (χ3v) is 3.93. The molecule has 2 aromatic rings. The lowest BCUT2D eigenvalue weighted by Crippen LogP contribution is -2.22. The molecule has 1 aromatic heterocycles. The van der Waals surface area contributed by atoms with Gasteiger partial charge >= 0.3 is 0 Å². The Morgan fingerprint density at radius 2 is 1.90 bits per heavy atom. The van der Waals surface area contributed by atoms with Crippen LogP contribution in [0.1, 0.15) is 30.5 Å². The monoisotopic (exact) mass is 294 g/mol. The molecule has 0 fully saturated rings. The van der Waals surface area contributed by atoms with E-state index in [1.807, 2.05) is 13.0 Å². The summed E-state index contributed by atoms with van der Waals surface area (Å²) in [6, 6.07) is 13.1. The fraction of sp³-hybridized carbons (Fsp3) is 0.125. The van der Waals surface area contributed by atoms with Crippen molar-refractivity contribution in [2.24, 2.45) is 5.92 Å². The molecule has 0 aliphatic rings. The number of benzene rings is 1. The number of carbonyl (C=O) groups is 2. The van der Waals surface area contributed by atoms with E-state index in [1.54, 1.807) is 30.3 Å². The fourth-order valence-electron chi connectivity index (χ4n) is 1.85. The lowest BCUT2D eigenvalue weighted by Gasteiger charge is -2.06. The number of aryl methyl sites for hydroxylation is 1. The molecular weight excluding hydrogens is 284 g/mol. The van der Waals surface area contributed by atoms with Gasteiger partial charge in [-0.25, -0.2) is 0 Å². The molecule has 0 spiro atoms. The summed E-state index contributed by atoms with van der Waals surface area (Å²) in [6.45, 7) is 1.85. The molecule has 1 atom stereocenters. The number of hydrogen-bond acceptors (Lipinski definition) is 5. The Kier molecular flexibility index (Phi) is 4.27. The molecular formula is C16H10N2O2S. The predicted molar refractivity (Wildman–Crippen MR) is 78.0 cm³/mol. The second-order valence-corrected chi connectivity index (χ2v) is 5.68. The van der Waals surface area contributed by atoms with Gasteiger partial charge in [0.2, 0.25) is 0 Å². The van der Waals surface area contributed by atoms with Gasteiger partial charge in [0.25, 0.3) is 0 Å². The van der Waals surface area contributed by atoms with E-state index in [0.717, 1.165) is 4.88 Å². The van der Waals surface area contributed by atoms with Crippen molar-refractivity contribution >= 4 is 22.9 Å². The van der Waals surface area contributed by atoms with Crippen molar-refractivity contribution in [1.82, 2.24) is 0 Å². The van der Waals surface area contributed by atoms with Gasteiger partial charge in [0.05, 0.1) is 22.6 Å². The van der Waals surface area contributed by atoms with Crippen LogP contribution in [0.4, 0.5) is 0 Å². The Hall–Kier alpha value is -2.76. The van der Waals surface area contributed by atoms with Crippen LogP contribution < -0.4 is 0 Å². The first kappa shape index (κ1) is 14.6. The van der Waals surface area contributed by atoms with Gasteiger partial charge in [-0.2, -0.15) is 10.5 Å². The Balaban J connectivity index is 2.33. The van der Waals surface area contributed by atoms with Crippen molar-refractivity contribution in [3.8, 4) is 12.1 Å². The summed E-state index contributed by atoms with van der Waals surface area (Å²) in [5, 5.41) is 18.0. The lowest BCUT2D eigenvalue weighted by atomic mass is 9.93. The van der Waals surface area contributed by atoms with Crippen LogP contribution in [0.3, 0.4) is 0 Å². The van der Waals surface area contributed by atoms with Crippen molar-refractivity contribution in [2.45, 2.75) is 6.92 Å². The van der Waals surface area contributed by atoms with Gasteiger partial charge in [-0.1, -0.05) is 12.1 Å². The molecule has 21 heavy (non-hydrogen) atoms. The summed E-state index contributed by atoms with van der Waals surface area (Å²) in [5.74, 6) is -2.45. The number of ketones is 2. The minimum atomic E-state index is -1.38. The highest BCUT2D eigenvalue weighted by Gasteiger charge is 2.29. The molecule has 102 valence electrons. The molecule has 0 aliphatic carbocycles. The Morgan fingerprint density at radius 1 is 1.14 bits per heavy atom. The van der Waals surface area contributed by atoms with E-state index in [9.17, 15) is 14.9 Å². The van der Waals surface area contributed by atoms with Gasteiger partial charge in [0.1, 0.15) is 0 Å². The standard InChI is InChI=1S/C16H10N2O2S/c1-10-5-6-14(21-10)16(20)13(9-18)15(19)12-4-2-3-11(7-12)8-17/h2-7,13H,1H3/t13-/m0/s1. The zero-order chi connectivity index (χ0) is 15.4. The first-order valence-electron chi connectivity index (χ1n) is 6.11. The third kappa shape index (κ3) is 3.05. The second kappa shape index (κ2) is 6.13. The Bertz CT molecular complexity index is 793. The number of rotatable bonds is 4. The fourth-order valence-corrected chi connectivity index (χ4v) is 2.69. The quantitative estimate of drug-likeness (QED) is 0.640. The molecule has 4 nitrogen and oxygen atoms in total. The zero-order valence-corrected chi connectivity index (χ0v) is 12.0. The van der Waals surface area contributed by atoms with Crippen LogP contribution in [0, 0.1) is 35.5 Å². The minimum absolute atomic E-state index is 0.197. The maximum atomic E-state index is 12.3. The van der Waals surface area contributed by atoms with Crippen molar-refractivity contribution in [1.29, 1.82) is 10.5 Å². The van der Waals surface area contributed by atoms with Gasteiger partial charge in [-0.05, 0) is 31.2 Å². The highest BCUT2D eigenvalue weighted by Crippen LogP contribution is 2.21. The summed E-state index contributed by atoms with van der Waals surface area (Å²) >= 11 is 1.25. The van der Waals surface area contributed by atoms with Gasteiger partial charge in [-0.3, -0.25) is 9.59 Å². The molecule has 0 radical (unpaired) electrons. The van der Waals surface area contributed by atoms with Gasteiger partial charge in [-0.15, -0.1) is 11.3 Å². The highest BCUT2D eigenvalue weighted by molar-refractivity contribution is 7.14. The molecule has 0 saturated carbocycles. The van der Waals surface area contributed by atoms with Crippen molar-refractivity contribution in [3.05, 3.63) is 57.3 Å². The summed E-state index contributed by atoms with van der Waals surface area (Å²) in [5.41, 5.74) is 0.513. The van der Waals surface area contributed by atoms with Crippen molar-refractivity contribution in [2.75, 3.05) is 0 Å². The summed E-state index contributed by atoms with van der Waals surface area (Å²) in [4.78, 5) is 25.9. The van der Waals surface area contributed by atoms with Gasteiger partial charge in [0.15, 0.2) is 17.5 Å². The minimum Gasteiger partial charge on any atom is -0.292 e. The highest BCUT2D eigenvalue weighted by atomic mass is 32.1. The van der Waals surface area contributed by atoms with Gasteiger partial charge in [0, 0.05) is 10.4 Å². The van der Waals surface area contributed by atoms with E-state index in [2.05, 4.69) is 0 Å². The average Bonchev–Trinajstić information content (AvgIpc) is 2.94. The number of nitrogens with zero attached hydrogens (tertiary/aromatic N) is 2. The largest absolute Gasteiger partial charge is 0.292 e. The molecule has 0 bridgehead atoms. The summed E-state index contributed by atoms with van der Waals surface area (Å²) in [7, 11) is 0. The Labute approximate surface area is 125 Å². The number of hydrogen-bond donors (Lipinski definition) is 0. The number of carbonyl (C=O) groups excluding carboxylic acids is 2. The maximum Gasteiger partial charge on any atom is 0.197 e.